The lowest BCUT2D eigenvalue weighted by atomic mass is 10.0. The normalized spacial score (nSPS) is 13.0. The Bertz CT molecular complexity index is 1000. The molecule has 0 heterocycles. The van der Waals surface area contributed by atoms with Crippen molar-refractivity contribution in [3.05, 3.63) is 0 Å². The van der Waals surface area contributed by atoms with Crippen LogP contribution in [-0.2, 0) is 32.7 Å². The standard InChI is InChI=1S/C53H106NO8P/c1-3-5-7-9-11-13-15-17-19-21-23-24-25-26-27-28-30-32-34-36-38-40-42-44-46-53(56)62-51(50-61-63(57,58)60-48-47-54)49-59-52(55)45-43-41-39-37-35-33-31-29-22-20-18-16-14-12-10-8-6-4-2/h51H,3-50,54H2,1-2H3,(H,57,58). The lowest BCUT2D eigenvalue weighted by Crippen LogP contribution is -2.29. The average molecular weight is 916 g/mol. The fraction of sp³-hybridized carbons (Fsp3) is 0.962. The fourth-order valence-electron chi connectivity index (χ4n) is 8.40. The highest BCUT2D eigenvalue weighted by Gasteiger charge is 2.26. The van der Waals surface area contributed by atoms with Gasteiger partial charge in [-0.2, -0.15) is 0 Å². The van der Waals surface area contributed by atoms with Crippen LogP contribution in [0.5, 0.6) is 0 Å². The van der Waals surface area contributed by atoms with Gasteiger partial charge in [0.25, 0.3) is 0 Å². The number of hydrogen-bond donors (Lipinski definition) is 2. The smallest absolute Gasteiger partial charge is 0.462 e. The van der Waals surface area contributed by atoms with Gasteiger partial charge in [0.15, 0.2) is 6.10 Å². The van der Waals surface area contributed by atoms with E-state index < -0.39 is 26.5 Å². The van der Waals surface area contributed by atoms with Gasteiger partial charge in [-0.25, -0.2) is 4.57 Å². The molecule has 0 aliphatic heterocycles. The SMILES string of the molecule is CCCCCCCCCCCCCCCCCCCCCCCCCCC(=O)OC(COC(=O)CCCCCCCCCCCCCCCCCCCC)COP(=O)(O)OCCN. The van der Waals surface area contributed by atoms with Gasteiger partial charge in [-0.05, 0) is 12.8 Å². The Morgan fingerprint density at radius 1 is 0.413 bits per heavy atom. The van der Waals surface area contributed by atoms with E-state index in [2.05, 4.69) is 13.8 Å². The first-order valence-electron chi connectivity index (χ1n) is 27.5. The van der Waals surface area contributed by atoms with E-state index in [0.29, 0.717) is 6.42 Å². The fourth-order valence-corrected chi connectivity index (χ4v) is 9.17. The lowest BCUT2D eigenvalue weighted by Gasteiger charge is -2.19. The molecule has 0 bridgehead atoms. The number of rotatable bonds is 53. The summed E-state index contributed by atoms with van der Waals surface area (Å²) in [5.74, 6) is -0.804. The zero-order valence-corrected chi connectivity index (χ0v) is 42.7. The van der Waals surface area contributed by atoms with Gasteiger partial charge in [0.05, 0.1) is 13.2 Å². The molecule has 3 N–H and O–H groups in total. The highest BCUT2D eigenvalue weighted by Crippen LogP contribution is 2.43. The molecule has 2 atom stereocenters. The number of phosphoric acid groups is 1. The number of carbonyl (C=O) groups is 2. The van der Waals surface area contributed by atoms with Gasteiger partial charge < -0.3 is 20.1 Å². The Morgan fingerprint density at radius 3 is 0.968 bits per heavy atom. The number of nitrogens with two attached hydrogens (primary N) is 1. The molecule has 0 saturated carbocycles. The minimum absolute atomic E-state index is 0.0585. The number of carbonyl (C=O) groups excluding carboxylic acids is 2. The minimum atomic E-state index is -4.38. The summed E-state index contributed by atoms with van der Waals surface area (Å²) >= 11 is 0. The minimum Gasteiger partial charge on any atom is -0.462 e. The number of ether oxygens (including phenoxy) is 2. The second kappa shape index (κ2) is 50.4. The molecule has 0 aliphatic carbocycles. The number of esters is 2. The van der Waals surface area contributed by atoms with Gasteiger partial charge in [0, 0.05) is 19.4 Å². The van der Waals surface area contributed by atoms with E-state index in [1.165, 1.54) is 231 Å². The van der Waals surface area contributed by atoms with Crippen molar-refractivity contribution in [2.45, 2.75) is 302 Å². The molecule has 9 nitrogen and oxygen atoms in total. The van der Waals surface area contributed by atoms with Crippen molar-refractivity contribution < 1.29 is 37.6 Å². The lowest BCUT2D eigenvalue weighted by molar-refractivity contribution is -0.161. The summed E-state index contributed by atoms with van der Waals surface area (Å²) in [6.07, 6.45) is 54.4. The molecule has 0 fully saturated rings. The van der Waals surface area contributed by atoms with E-state index >= 15 is 0 Å². The van der Waals surface area contributed by atoms with Crippen LogP contribution in [-0.4, -0.2) is 49.3 Å². The van der Waals surface area contributed by atoms with Crippen LogP contribution in [0.4, 0.5) is 0 Å². The van der Waals surface area contributed by atoms with E-state index in [9.17, 15) is 19.0 Å². The molecule has 0 rings (SSSR count). The molecule has 0 amide bonds. The summed E-state index contributed by atoms with van der Waals surface area (Å²) in [4.78, 5) is 35.1. The van der Waals surface area contributed by atoms with Crippen LogP contribution in [0, 0.1) is 0 Å². The molecule has 10 heteroatoms. The summed E-state index contributed by atoms with van der Waals surface area (Å²) < 4.78 is 33.0. The highest BCUT2D eigenvalue weighted by molar-refractivity contribution is 7.47. The topological polar surface area (TPSA) is 134 Å². The van der Waals surface area contributed by atoms with E-state index in [-0.39, 0.29) is 38.6 Å². The van der Waals surface area contributed by atoms with Crippen molar-refractivity contribution in [1.82, 2.24) is 0 Å². The molecule has 2 unspecified atom stereocenters. The largest absolute Gasteiger partial charge is 0.472 e. The maximum Gasteiger partial charge on any atom is 0.472 e. The Hall–Kier alpha value is -0.990. The number of hydrogen-bond acceptors (Lipinski definition) is 8. The first-order chi connectivity index (χ1) is 30.8. The van der Waals surface area contributed by atoms with Crippen LogP contribution in [0.2, 0.25) is 0 Å². The molecule has 376 valence electrons. The van der Waals surface area contributed by atoms with Gasteiger partial charge in [0.2, 0.25) is 0 Å². The summed E-state index contributed by atoms with van der Waals surface area (Å²) in [5.41, 5.74) is 5.37. The Kier molecular flexibility index (Phi) is 49.6. The van der Waals surface area contributed by atoms with Crippen LogP contribution < -0.4 is 5.73 Å². The van der Waals surface area contributed by atoms with E-state index in [1.807, 2.05) is 0 Å². The van der Waals surface area contributed by atoms with Crippen molar-refractivity contribution in [2.24, 2.45) is 5.73 Å². The van der Waals surface area contributed by atoms with Crippen molar-refractivity contribution in [3.63, 3.8) is 0 Å². The maximum absolute atomic E-state index is 12.7. The first-order valence-corrected chi connectivity index (χ1v) is 29.0. The molecule has 0 aromatic rings. The van der Waals surface area contributed by atoms with Crippen LogP contribution in [0.1, 0.15) is 296 Å². The van der Waals surface area contributed by atoms with Crippen molar-refractivity contribution >= 4 is 19.8 Å². The molecule has 0 radical (unpaired) electrons. The summed E-state index contributed by atoms with van der Waals surface area (Å²) in [6.45, 7) is 3.82. The Balaban J connectivity index is 3.93. The third kappa shape index (κ3) is 50.3. The van der Waals surface area contributed by atoms with Gasteiger partial charge in [0.1, 0.15) is 6.61 Å². The molecule has 0 spiro atoms. The van der Waals surface area contributed by atoms with Gasteiger partial charge in [-0.1, -0.05) is 271 Å². The predicted octanol–water partition coefficient (Wildman–Crippen LogP) is 16.7. The second-order valence-corrected chi connectivity index (χ2v) is 20.3. The predicted molar refractivity (Wildman–Crippen MR) is 266 cm³/mol. The summed E-state index contributed by atoms with van der Waals surface area (Å²) in [7, 11) is -4.38. The zero-order chi connectivity index (χ0) is 46.0. The quantitative estimate of drug-likeness (QED) is 0.0347. The molecule has 0 aromatic carbocycles. The third-order valence-electron chi connectivity index (χ3n) is 12.5. The molecule has 63 heavy (non-hydrogen) atoms. The van der Waals surface area contributed by atoms with Crippen molar-refractivity contribution in [1.29, 1.82) is 0 Å². The molecular weight excluding hydrogens is 810 g/mol. The Morgan fingerprint density at radius 2 is 0.683 bits per heavy atom. The first kappa shape index (κ1) is 62.0. The average Bonchev–Trinajstić information content (AvgIpc) is 3.27. The highest BCUT2D eigenvalue weighted by atomic mass is 31.2. The molecule has 0 aliphatic rings. The van der Waals surface area contributed by atoms with Crippen LogP contribution in [0.15, 0.2) is 0 Å². The molecular formula is C53H106NO8P. The van der Waals surface area contributed by atoms with Crippen molar-refractivity contribution in [2.75, 3.05) is 26.4 Å². The van der Waals surface area contributed by atoms with Crippen molar-refractivity contribution in [3.8, 4) is 0 Å². The summed E-state index contributed by atoms with van der Waals surface area (Å²) in [6, 6.07) is 0. The number of phosphoric ester groups is 1. The molecule has 0 aromatic heterocycles. The third-order valence-corrected chi connectivity index (χ3v) is 13.5. The number of unbranched alkanes of at least 4 members (excludes halogenated alkanes) is 40. The Labute approximate surface area is 390 Å². The maximum atomic E-state index is 12.7. The van der Waals surface area contributed by atoms with Gasteiger partial charge in [-0.15, -0.1) is 0 Å². The monoisotopic (exact) mass is 916 g/mol. The van der Waals surface area contributed by atoms with Crippen LogP contribution >= 0.6 is 7.82 Å². The van der Waals surface area contributed by atoms with Gasteiger partial charge in [-0.3, -0.25) is 18.6 Å². The second-order valence-electron chi connectivity index (χ2n) is 18.8. The zero-order valence-electron chi connectivity index (χ0n) is 41.8. The van der Waals surface area contributed by atoms with E-state index in [0.717, 1.165) is 32.1 Å². The van der Waals surface area contributed by atoms with E-state index in [1.54, 1.807) is 0 Å². The summed E-state index contributed by atoms with van der Waals surface area (Å²) in [5, 5.41) is 0. The van der Waals surface area contributed by atoms with Crippen LogP contribution in [0.25, 0.3) is 0 Å². The van der Waals surface area contributed by atoms with E-state index in [4.69, 9.17) is 24.3 Å². The van der Waals surface area contributed by atoms with Crippen LogP contribution in [0.3, 0.4) is 0 Å². The van der Waals surface area contributed by atoms with Gasteiger partial charge >= 0.3 is 19.8 Å². The molecule has 0 saturated heterocycles.